The molecule has 1 N–H and O–H groups in total. The van der Waals surface area contributed by atoms with E-state index in [-0.39, 0.29) is 0 Å². The Hall–Kier alpha value is -1.88. The van der Waals surface area contributed by atoms with Gasteiger partial charge in [0.25, 0.3) is 0 Å². The Balaban J connectivity index is 1.79. The van der Waals surface area contributed by atoms with E-state index in [0.717, 1.165) is 58.4 Å². The van der Waals surface area contributed by atoms with Crippen LogP contribution in [0.2, 0.25) is 5.02 Å². The molecule has 0 aliphatic carbocycles. The minimum Gasteiger partial charge on any atom is -0.382 e. The highest BCUT2D eigenvalue weighted by atomic mass is 79.9. The molecule has 3 rings (SSSR count). The van der Waals surface area contributed by atoms with Gasteiger partial charge in [0.05, 0.1) is 11.2 Å². The normalized spacial score (nSPS) is 12.7. The predicted octanol–water partition coefficient (Wildman–Crippen LogP) is 7.74. The minimum absolute atomic E-state index is 0.375. The summed E-state index contributed by atoms with van der Waals surface area (Å²) in [7, 11) is 0. The van der Waals surface area contributed by atoms with E-state index in [1.165, 1.54) is 6.42 Å². The Kier molecular flexibility index (Phi) is 8.94. The van der Waals surface area contributed by atoms with Crippen molar-refractivity contribution >= 4 is 56.3 Å². The van der Waals surface area contributed by atoms with Crippen molar-refractivity contribution in [2.75, 3.05) is 25.0 Å². The van der Waals surface area contributed by atoms with Gasteiger partial charge in [0.2, 0.25) is 0 Å². The second kappa shape index (κ2) is 11.7. The summed E-state index contributed by atoms with van der Waals surface area (Å²) in [5.41, 5.74) is 4.06. The number of hydrogen-bond donors (Lipinski definition) is 1. The Morgan fingerprint density at radius 2 is 1.81 bits per heavy atom. The average molecular weight is 501 g/mol. The van der Waals surface area contributed by atoms with Gasteiger partial charge in [-0.25, -0.2) is 4.98 Å². The average Bonchev–Trinajstić information content (AvgIpc) is 2.76. The fraction of sp³-hybridized carbons (Fsp3) is 0.346. The van der Waals surface area contributed by atoms with Gasteiger partial charge in [0.15, 0.2) is 0 Å². The molecule has 3 nitrogen and oxygen atoms in total. The molecule has 5 heteroatoms. The van der Waals surface area contributed by atoms with E-state index in [0.29, 0.717) is 11.1 Å². The van der Waals surface area contributed by atoms with Crippen LogP contribution < -0.4 is 5.32 Å². The van der Waals surface area contributed by atoms with Gasteiger partial charge in [-0.3, -0.25) is 0 Å². The molecule has 1 heterocycles. The molecule has 164 valence electrons. The SMILES string of the molecule is CCN(CC)CCCC(C)Nc1cc(/C=C/c2ccc(Br)cc2)nc2cc(Cl)ccc12. The lowest BCUT2D eigenvalue weighted by atomic mass is 10.1. The third-order valence-electron chi connectivity index (χ3n) is 5.52. The fourth-order valence-electron chi connectivity index (χ4n) is 3.68. The van der Waals surface area contributed by atoms with Crippen molar-refractivity contribution in [1.82, 2.24) is 9.88 Å². The third kappa shape index (κ3) is 7.06. The number of halogens is 2. The van der Waals surface area contributed by atoms with Gasteiger partial charge in [-0.1, -0.05) is 59.6 Å². The van der Waals surface area contributed by atoms with Gasteiger partial charge in [-0.15, -0.1) is 0 Å². The first-order valence-electron chi connectivity index (χ1n) is 11.0. The van der Waals surface area contributed by atoms with Gasteiger partial charge in [-0.2, -0.15) is 0 Å². The van der Waals surface area contributed by atoms with Crippen LogP contribution in [0.25, 0.3) is 23.1 Å². The molecule has 1 unspecified atom stereocenters. The molecule has 0 aliphatic heterocycles. The van der Waals surface area contributed by atoms with Crippen molar-refractivity contribution in [3.8, 4) is 0 Å². The Bertz CT molecular complexity index is 1010. The van der Waals surface area contributed by atoms with Crippen LogP contribution in [0.1, 0.15) is 44.9 Å². The number of aromatic nitrogens is 1. The Morgan fingerprint density at radius 3 is 2.52 bits per heavy atom. The first-order valence-corrected chi connectivity index (χ1v) is 12.2. The van der Waals surface area contributed by atoms with Gasteiger partial charge in [0, 0.05) is 26.6 Å². The third-order valence-corrected chi connectivity index (χ3v) is 6.28. The summed E-state index contributed by atoms with van der Waals surface area (Å²) in [5.74, 6) is 0. The lowest BCUT2D eigenvalue weighted by Gasteiger charge is -2.21. The summed E-state index contributed by atoms with van der Waals surface area (Å²) in [6, 6.07) is 16.7. The van der Waals surface area contributed by atoms with Crippen LogP contribution in [0.4, 0.5) is 5.69 Å². The van der Waals surface area contributed by atoms with Crippen molar-refractivity contribution in [3.05, 3.63) is 69.3 Å². The molecule has 0 bridgehead atoms. The second-order valence-electron chi connectivity index (χ2n) is 7.86. The first-order chi connectivity index (χ1) is 15.0. The minimum atomic E-state index is 0.375. The number of hydrogen-bond acceptors (Lipinski definition) is 3. The van der Waals surface area contributed by atoms with E-state index in [9.17, 15) is 0 Å². The highest BCUT2D eigenvalue weighted by Gasteiger charge is 2.10. The van der Waals surface area contributed by atoms with E-state index in [1.807, 2.05) is 24.3 Å². The number of nitrogens with zero attached hydrogens (tertiary/aromatic N) is 2. The van der Waals surface area contributed by atoms with Crippen molar-refractivity contribution in [2.45, 2.75) is 39.7 Å². The van der Waals surface area contributed by atoms with Crippen LogP contribution in [0.5, 0.6) is 0 Å². The maximum absolute atomic E-state index is 6.25. The van der Waals surface area contributed by atoms with Crippen LogP contribution in [-0.4, -0.2) is 35.6 Å². The number of rotatable bonds is 10. The lowest BCUT2D eigenvalue weighted by Crippen LogP contribution is -2.25. The monoisotopic (exact) mass is 499 g/mol. The molecule has 0 amide bonds. The molecule has 0 aliphatic rings. The zero-order valence-electron chi connectivity index (χ0n) is 18.5. The summed E-state index contributed by atoms with van der Waals surface area (Å²) in [4.78, 5) is 7.29. The van der Waals surface area contributed by atoms with Crippen molar-refractivity contribution in [1.29, 1.82) is 0 Å². The van der Waals surface area contributed by atoms with Crippen LogP contribution >= 0.6 is 27.5 Å². The number of benzene rings is 2. The molecular formula is C26H31BrClN3. The van der Waals surface area contributed by atoms with E-state index < -0.39 is 0 Å². The van der Waals surface area contributed by atoms with Crippen LogP contribution in [-0.2, 0) is 0 Å². The number of fused-ring (bicyclic) bond motifs is 1. The summed E-state index contributed by atoms with van der Waals surface area (Å²) >= 11 is 9.74. The number of anilines is 1. The molecule has 1 aromatic heterocycles. The van der Waals surface area contributed by atoms with Crippen molar-refractivity contribution in [3.63, 3.8) is 0 Å². The predicted molar refractivity (Wildman–Crippen MR) is 140 cm³/mol. The summed E-state index contributed by atoms with van der Waals surface area (Å²) in [6.45, 7) is 10.1. The van der Waals surface area contributed by atoms with Crippen molar-refractivity contribution in [2.24, 2.45) is 0 Å². The second-order valence-corrected chi connectivity index (χ2v) is 9.21. The van der Waals surface area contributed by atoms with Crippen LogP contribution in [0.15, 0.2) is 53.0 Å². The first kappa shape index (κ1) is 23.8. The molecule has 0 fully saturated rings. The quantitative estimate of drug-likeness (QED) is 0.308. The zero-order valence-corrected chi connectivity index (χ0v) is 20.9. The smallest absolute Gasteiger partial charge is 0.0744 e. The van der Waals surface area contributed by atoms with E-state index in [4.69, 9.17) is 16.6 Å². The maximum atomic E-state index is 6.25. The molecule has 0 saturated heterocycles. The molecule has 1 atom stereocenters. The molecular weight excluding hydrogens is 470 g/mol. The van der Waals surface area contributed by atoms with Gasteiger partial charge in [0.1, 0.15) is 0 Å². The van der Waals surface area contributed by atoms with E-state index in [2.05, 4.69) is 83.3 Å². The highest BCUT2D eigenvalue weighted by Crippen LogP contribution is 2.28. The zero-order chi connectivity index (χ0) is 22.2. The van der Waals surface area contributed by atoms with E-state index >= 15 is 0 Å². The molecule has 31 heavy (non-hydrogen) atoms. The van der Waals surface area contributed by atoms with E-state index in [1.54, 1.807) is 0 Å². The molecule has 0 radical (unpaired) electrons. The number of pyridine rings is 1. The molecule has 0 spiro atoms. The summed E-state index contributed by atoms with van der Waals surface area (Å²) < 4.78 is 1.07. The molecule has 3 aromatic rings. The molecule has 0 saturated carbocycles. The molecule has 2 aromatic carbocycles. The summed E-state index contributed by atoms with van der Waals surface area (Å²) in [5, 5.41) is 5.52. The van der Waals surface area contributed by atoms with Crippen LogP contribution in [0, 0.1) is 0 Å². The van der Waals surface area contributed by atoms with Crippen LogP contribution in [0.3, 0.4) is 0 Å². The van der Waals surface area contributed by atoms with Gasteiger partial charge >= 0.3 is 0 Å². The summed E-state index contributed by atoms with van der Waals surface area (Å²) in [6.07, 6.45) is 6.45. The lowest BCUT2D eigenvalue weighted by molar-refractivity contribution is 0.295. The Labute approximate surface area is 199 Å². The standard InChI is InChI=1S/C26H31BrClN3/c1-4-31(5-2)16-6-7-19(3)29-26-18-23(14-10-20-8-11-21(27)12-9-20)30-25-17-22(28)13-15-24(25)26/h8-15,17-19H,4-7,16H2,1-3H3,(H,29,30)/b14-10+. The highest BCUT2D eigenvalue weighted by molar-refractivity contribution is 9.10. The Morgan fingerprint density at radius 1 is 1.06 bits per heavy atom. The number of nitrogens with one attached hydrogen (secondary N) is 1. The topological polar surface area (TPSA) is 28.2 Å². The van der Waals surface area contributed by atoms with Gasteiger partial charge < -0.3 is 10.2 Å². The maximum Gasteiger partial charge on any atom is 0.0744 e. The van der Waals surface area contributed by atoms with Crippen molar-refractivity contribution < 1.29 is 0 Å². The van der Waals surface area contributed by atoms with Gasteiger partial charge in [-0.05, 0) is 87.4 Å². The fourth-order valence-corrected chi connectivity index (χ4v) is 4.11. The largest absolute Gasteiger partial charge is 0.382 e.